The molecule has 1 aliphatic rings. The van der Waals surface area contributed by atoms with E-state index in [9.17, 15) is 5.11 Å². The van der Waals surface area contributed by atoms with Crippen molar-refractivity contribution >= 4 is 11.6 Å². The average Bonchev–Trinajstić information content (AvgIpc) is 2.17. The Bertz CT molecular complexity index is 415. The summed E-state index contributed by atoms with van der Waals surface area (Å²) in [6.07, 6.45) is 3.97. The molecular weight excluding hydrogens is 160 g/mol. The van der Waals surface area contributed by atoms with Crippen LogP contribution in [0.2, 0.25) is 0 Å². The second-order valence-corrected chi connectivity index (χ2v) is 3.53. The van der Waals surface area contributed by atoms with Gasteiger partial charge < -0.3 is 5.11 Å². The standard InChI is InChI=1S/C12H14O/c1-9(13)11-8-4-6-10-5-2-3-7-12(10)11/h2-3,5-7,9,13H,4,8H2,1H3/t9-/m1/s1. The SMILES string of the molecule is C[C@@H](O)C1=c2ccccc2=CCC1. The van der Waals surface area contributed by atoms with Crippen molar-refractivity contribution in [1.82, 2.24) is 0 Å². The first-order valence-electron chi connectivity index (χ1n) is 4.75. The van der Waals surface area contributed by atoms with Gasteiger partial charge >= 0.3 is 0 Å². The molecule has 1 aliphatic carbocycles. The van der Waals surface area contributed by atoms with Crippen LogP contribution in [0.5, 0.6) is 0 Å². The zero-order valence-corrected chi connectivity index (χ0v) is 7.83. The van der Waals surface area contributed by atoms with Gasteiger partial charge in [-0.15, -0.1) is 0 Å². The highest BCUT2D eigenvalue weighted by Gasteiger charge is 2.08. The molecule has 1 heteroatoms. The number of aliphatic hydroxyl groups is 1. The summed E-state index contributed by atoms with van der Waals surface area (Å²) in [4.78, 5) is 0. The van der Waals surface area contributed by atoms with Gasteiger partial charge in [0.25, 0.3) is 0 Å². The molecule has 0 aromatic heterocycles. The normalized spacial score (nSPS) is 17.5. The third-order valence-corrected chi connectivity index (χ3v) is 2.59. The van der Waals surface area contributed by atoms with Crippen LogP contribution in [-0.4, -0.2) is 11.2 Å². The maximum Gasteiger partial charge on any atom is 0.0731 e. The van der Waals surface area contributed by atoms with Gasteiger partial charge in [-0.1, -0.05) is 30.3 Å². The molecule has 13 heavy (non-hydrogen) atoms. The molecule has 0 aliphatic heterocycles. The summed E-state index contributed by atoms with van der Waals surface area (Å²) in [6.45, 7) is 1.84. The highest BCUT2D eigenvalue weighted by molar-refractivity contribution is 5.53. The van der Waals surface area contributed by atoms with Gasteiger partial charge in [0.05, 0.1) is 6.10 Å². The lowest BCUT2D eigenvalue weighted by molar-refractivity contribution is 0.248. The summed E-state index contributed by atoms with van der Waals surface area (Å²) < 4.78 is 0. The van der Waals surface area contributed by atoms with Gasteiger partial charge in [-0.05, 0) is 35.8 Å². The van der Waals surface area contributed by atoms with E-state index in [0.29, 0.717) is 0 Å². The van der Waals surface area contributed by atoms with Crippen molar-refractivity contribution in [1.29, 1.82) is 0 Å². The number of rotatable bonds is 1. The Morgan fingerprint density at radius 3 is 2.85 bits per heavy atom. The van der Waals surface area contributed by atoms with Crippen LogP contribution in [0.3, 0.4) is 0 Å². The lowest BCUT2D eigenvalue weighted by Gasteiger charge is -2.13. The maximum atomic E-state index is 9.57. The molecule has 0 heterocycles. The molecule has 1 aromatic carbocycles. The number of hydrogen-bond acceptors (Lipinski definition) is 1. The first-order chi connectivity index (χ1) is 6.29. The summed E-state index contributed by atoms with van der Waals surface area (Å²) >= 11 is 0. The summed E-state index contributed by atoms with van der Waals surface area (Å²) in [6, 6.07) is 8.27. The Balaban J connectivity index is 2.76. The van der Waals surface area contributed by atoms with Gasteiger partial charge in [-0.25, -0.2) is 0 Å². The van der Waals surface area contributed by atoms with Crippen molar-refractivity contribution in [2.75, 3.05) is 0 Å². The second kappa shape index (κ2) is 3.35. The molecule has 0 saturated heterocycles. The molecule has 1 atom stereocenters. The van der Waals surface area contributed by atoms with E-state index in [4.69, 9.17) is 0 Å². The molecule has 1 nitrogen and oxygen atoms in total. The quantitative estimate of drug-likeness (QED) is 0.667. The predicted molar refractivity (Wildman–Crippen MR) is 54.5 cm³/mol. The molecule has 0 bridgehead atoms. The number of hydrogen-bond donors (Lipinski definition) is 1. The Morgan fingerprint density at radius 1 is 1.31 bits per heavy atom. The van der Waals surface area contributed by atoms with Crippen LogP contribution in [0.1, 0.15) is 19.8 Å². The van der Waals surface area contributed by atoms with Crippen LogP contribution in [0.4, 0.5) is 0 Å². The fraction of sp³-hybridized carbons (Fsp3) is 0.333. The highest BCUT2D eigenvalue weighted by Crippen LogP contribution is 2.11. The largest absolute Gasteiger partial charge is 0.389 e. The van der Waals surface area contributed by atoms with Gasteiger partial charge in [0.2, 0.25) is 0 Å². The van der Waals surface area contributed by atoms with Crippen molar-refractivity contribution < 1.29 is 5.11 Å². The maximum absolute atomic E-state index is 9.57. The van der Waals surface area contributed by atoms with E-state index in [0.717, 1.165) is 12.8 Å². The zero-order chi connectivity index (χ0) is 9.26. The number of aliphatic hydroxyl groups excluding tert-OH is 1. The zero-order valence-electron chi connectivity index (χ0n) is 7.83. The minimum absolute atomic E-state index is 0.310. The molecule has 0 spiro atoms. The van der Waals surface area contributed by atoms with Gasteiger partial charge in [-0.3, -0.25) is 0 Å². The molecule has 0 fully saturated rings. The molecule has 1 N–H and O–H groups in total. The Morgan fingerprint density at radius 2 is 2.08 bits per heavy atom. The van der Waals surface area contributed by atoms with Crippen LogP contribution in [-0.2, 0) is 0 Å². The monoisotopic (exact) mass is 174 g/mol. The Labute approximate surface area is 78.0 Å². The first-order valence-corrected chi connectivity index (χ1v) is 4.75. The highest BCUT2D eigenvalue weighted by atomic mass is 16.3. The lowest BCUT2D eigenvalue weighted by Crippen LogP contribution is -2.32. The fourth-order valence-electron chi connectivity index (χ4n) is 1.92. The first kappa shape index (κ1) is 8.52. The summed E-state index contributed by atoms with van der Waals surface area (Å²) in [5, 5.41) is 12.1. The van der Waals surface area contributed by atoms with E-state index in [2.05, 4.69) is 18.2 Å². The lowest BCUT2D eigenvalue weighted by atomic mass is 9.96. The molecule has 68 valence electrons. The van der Waals surface area contributed by atoms with Gasteiger partial charge in [0.1, 0.15) is 0 Å². The minimum atomic E-state index is -0.310. The molecule has 0 radical (unpaired) electrons. The second-order valence-electron chi connectivity index (χ2n) is 3.53. The van der Waals surface area contributed by atoms with Crippen molar-refractivity contribution in [2.45, 2.75) is 25.9 Å². The van der Waals surface area contributed by atoms with Crippen LogP contribution in [0.15, 0.2) is 24.3 Å². The fourth-order valence-corrected chi connectivity index (χ4v) is 1.92. The number of benzene rings is 1. The average molecular weight is 174 g/mol. The summed E-state index contributed by atoms with van der Waals surface area (Å²) in [5.74, 6) is 0. The van der Waals surface area contributed by atoms with E-state index in [-0.39, 0.29) is 6.10 Å². The van der Waals surface area contributed by atoms with E-state index in [1.807, 2.05) is 19.1 Å². The van der Waals surface area contributed by atoms with Crippen molar-refractivity contribution in [3.05, 3.63) is 34.7 Å². The Hall–Kier alpha value is -1.08. The van der Waals surface area contributed by atoms with Gasteiger partial charge in [-0.2, -0.15) is 0 Å². The van der Waals surface area contributed by atoms with E-state index < -0.39 is 0 Å². The van der Waals surface area contributed by atoms with Crippen LogP contribution in [0, 0.1) is 0 Å². The number of fused-ring (bicyclic) bond motifs is 1. The van der Waals surface area contributed by atoms with Gasteiger partial charge in [0.15, 0.2) is 0 Å². The minimum Gasteiger partial charge on any atom is -0.389 e. The predicted octanol–water partition coefficient (Wildman–Crippen LogP) is 0.792. The van der Waals surface area contributed by atoms with E-state index >= 15 is 0 Å². The third-order valence-electron chi connectivity index (χ3n) is 2.59. The Kier molecular flexibility index (Phi) is 2.19. The summed E-state index contributed by atoms with van der Waals surface area (Å²) in [5.41, 5.74) is 1.18. The van der Waals surface area contributed by atoms with E-state index in [1.54, 1.807) is 0 Å². The smallest absolute Gasteiger partial charge is 0.0731 e. The molecule has 0 saturated carbocycles. The van der Waals surface area contributed by atoms with Gasteiger partial charge in [0, 0.05) is 0 Å². The topological polar surface area (TPSA) is 20.2 Å². The van der Waals surface area contributed by atoms with Crippen molar-refractivity contribution in [3.63, 3.8) is 0 Å². The third kappa shape index (κ3) is 1.52. The summed E-state index contributed by atoms with van der Waals surface area (Å²) in [7, 11) is 0. The molecule has 1 aromatic rings. The van der Waals surface area contributed by atoms with E-state index in [1.165, 1.54) is 16.0 Å². The molecule has 0 unspecified atom stereocenters. The molecule has 0 amide bonds. The van der Waals surface area contributed by atoms with Crippen molar-refractivity contribution in [2.24, 2.45) is 0 Å². The van der Waals surface area contributed by atoms with Crippen LogP contribution < -0.4 is 10.4 Å². The van der Waals surface area contributed by atoms with Crippen LogP contribution in [0.25, 0.3) is 11.6 Å². The molecular formula is C12H14O. The van der Waals surface area contributed by atoms with Crippen molar-refractivity contribution in [3.8, 4) is 0 Å². The molecule has 2 rings (SSSR count). The van der Waals surface area contributed by atoms with Crippen LogP contribution >= 0.6 is 0 Å².